The van der Waals surface area contributed by atoms with Crippen LogP contribution >= 0.6 is 0 Å². The molecule has 144 valence electrons. The number of aromatic amines is 1. The van der Waals surface area contributed by atoms with Crippen LogP contribution in [0.3, 0.4) is 0 Å². The number of H-pyrrole nitrogens is 1. The Labute approximate surface area is 162 Å². The monoisotopic (exact) mass is 377 g/mol. The van der Waals surface area contributed by atoms with Gasteiger partial charge in [0.05, 0.1) is 11.0 Å². The van der Waals surface area contributed by atoms with Crippen LogP contribution in [-0.4, -0.2) is 55.4 Å². The molecule has 8 nitrogen and oxygen atoms in total. The first-order chi connectivity index (χ1) is 13.7. The Morgan fingerprint density at radius 2 is 1.86 bits per heavy atom. The SMILES string of the molecule is CCN(CC)CCn1c(NC(=O)c2ccc3n[nH]nc3c2)nc2ccccc21. The van der Waals surface area contributed by atoms with Gasteiger partial charge in [-0.1, -0.05) is 26.0 Å². The third kappa shape index (κ3) is 3.46. The number of hydrogen-bond acceptors (Lipinski definition) is 5. The third-order valence-electron chi connectivity index (χ3n) is 4.99. The zero-order valence-electron chi connectivity index (χ0n) is 16.0. The molecule has 0 aliphatic rings. The summed E-state index contributed by atoms with van der Waals surface area (Å²) < 4.78 is 2.07. The summed E-state index contributed by atoms with van der Waals surface area (Å²) in [6.45, 7) is 7.92. The quantitative estimate of drug-likeness (QED) is 0.517. The number of carbonyl (C=O) groups excluding carboxylic acids is 1. The number of fused-ring (bicyclic) bond motifs is 2. The van der Waals surface area contributed by atoms with E-state index in [4.69, 9.17) is 0 Å². The minimum absolute atomic E-state index is 0.218. The fraction of sp³-hybridized carbons (Fsp3) is 0.300. The largest absolute Gasteiger partial charge is 0.309 e. The molecule has 4 rings (SSSR count). The van der Waals surface area contributed by atoms with Crippen molar-refractivity contribution >= 4 is 33.9 Å². The number of likely N-dealkylation sites (N-methyl/N-ethyl adjacent to an activating group) is 1. The molecule has 4 aromatic rings. The molecule has 1 amide bonds. The van der Waals surface area contributed by atoms with Gasteiger partial charge in [0, 0.05) is 18.7 Å². The minimum Gasteiger partial charge on any atom is -0.309 e. The number of anilines is 1. The van der Waals surface area contributed by atoms with Gasteiger partial charge in [-0.2, -0.15) is 15.4 Å². The average molecular weight is 377 g/mol. The summed E-state index contributed by atoms with van der Waals surface area (Å²) in [4.78, 5) is 19.8. The minimum atomic E-state index is -0.218. The number of aromatic nitrogens is 5. The Morgan fingerprint density at radius 3 is 2.68 bits per heavy atom. The fourth-order valence-corrected chi connectivity index (χ4v) is 3.33. The molecule has 0 aliphatic heterocycles. The Bertz CT molecular complexity index is 1110. The summed E-state index contributed by atoms with van der Waals surface area (Å²) in [5.41, 5.74) is 3.77. The molecule has 0 radical (unpaired) electrons. The van der Waals surface area contributed by atoms with Crippen molar-refractivity contribution in [1.29, 1.82) is 0 Å². The van der Waals surface area contributed by atoms with E-state index in [9.17, 15) is 4.79 Å². The molecule has 0 saturated carbocycles. The van der Waals surface area contributed by atoms with Crippen LogP contribution < -0.4 is 5.32 Å². The number of amides is 1. The van der Waals surface area contributed by atoms with Crippen LogP contribution in [0, 0.1) is 0 Å². The van der Waals surface area contributed by atoms with Gasteiger partial charge >= 0.3 is 0 Å². The van der Waals surface area contributed by atoms with Crippen molar-refractivity contribution in [3.63, 3.8) is 0 Å². The van der Waals surface area contributed by atoms with Gasteiger partial charge in [0.1, 0.15) is 11.0 Å². The lowest BCUT2D eigenvalue weighted by atomic mass is 10.2. The van der Waals surface area contributed by atoms with Crippen LogP contribution in [0.25, 0.3) is 22.1 Å². The van der Waals surface area contributed by atoms with E-state index < -0.39 is 0 Å². The van der Waals surface area contributed by atoms with Gasteiger partial charge in [-0.15, -0.1) is 0 Å². The van der Waals surface area contributed by atoms with E-state index in [0.29, 0.717) is 17.0 Å². The Morgan fingerprint density at radius 1 is 1.07 bits per heavy atom. The molecule has 2 aromatic heterocycles. The maximum Gasteiger partial charge on any atom is 0.258 e. The van der Waals surface area contributed by atoms with Crippen molar-refractivity contribution < 1.29 is 4.79 Å². The number of carbonyl (C=O) groups is 1. The average Bonchev–Trinajstić information content (AvgIpc) is 3.32. The van der Waals surface area contributed by atoms with Gasteiger partial charge in [-0.25, -0.2) is 4.98 Å². The van der Waals surface area contributed by atoms with E-state index in [2.05, 4.69) is 49.0 Å². The predicted octanol–water partition coefficient (Wildman–Crippen LogP) is 2.90. The molecule has 2 heterocycles. The Hall–Kier alpha value is -3.26. The highest BCUT2D eigenvalue weighted by atomic mass is 16.1. The van der Waals surface area contributed by atoms with Crippen LogP contribution in [0.5, 0.6) is 0 Å². The summed E-state index contributed by atoms with van der Waals surface area (Å²) in [6, 6.07) is 13.2. The van der Waals surface area contributed by atoms with E-state index in [0.717, 1.165) is 42.7 Å². The van der Waals surface area contributed by atoms with Crippen LogP contribution in [0.15, 0.2) is 42.5 Å². The highest BCUT2D eigenvalue weighted by Crippen LogP contribution is 2.21. The molecular weight excluding hydrogens is 354 g/mol. The molecule has 0 saturated heterocycles. The molecule has 0 bridgehead atoms. The molecular formula is C20H23N7O. The number of hydrogen-bond donors (Lipinski definition) is 2. The fourth-order valence-electron chi connectivity index (χ4n) is 3.33. The Balaban J connectivity index is 1.63. The molecule has 0 fully saturated rings. The van der Waals surface area contributed by atoms with Crippen molar-refractivity contribution in [3.05, 3.63) is 48.0 Å². The highest BCUT2D eigenvalue weighted by molar-refractivity contribution is 6.05. The van der Waals surface area contributed by atoms with Gasteiger partial charge in [-0.3, -0.25) is 10.1 Å². The van der Waals surface area contributed by atoms with Crippen molar-refractivity contribution in [1.82, 2.24) is 29.9 Å². The molecule has 0 atom stereocenters. The third-order valence-corrected chi connectivity index (χ3v) is 4.99. The van der Waals surface area contributed by atoms with Crippen LogP contribution in [0.4, 0.5) is 5.95 Å². The zero-order chi connectivity index (χ0) is 19.5. The van der Waals surface area contributed by atoms with Crippen LogP contribution in [-0.2, 0) is 6.54 Å². The number of rotatable bonds is 7. The topological polar surface area (TPSA) is 91.7 Å². The lowest BCUT2D eigenvalue weighted by molar-refractivity contribution is 0.102. The van der Waals surface area contributed by atoms with Gasteiger partial charge < -0.3 is 9.47 Å². The summed E-state index contributed by atoms with van der Waals surface area (Å²) in [5, 5.41) is 13.6. The summed E-state index contributed by atoms with van der Waals surface area (Å²) in [6.07, 6.45) is 0. The number of benzene rings is 2. The van der Waals surface area contributed by atoms with Crippen LogP contribution in [0.2, 0.25) is 0 Å². The first-order valence-electron chi connectivity index (χ1n) is 9.49. The van der Waals surface area contributed by atoms with Crippen molar-refractivity contribution in [2.45, 2.75) is 20.4 Å². The molecule has 2 aromatic carbocycles. The number of nitrogens with one attached hydrogen (secondary N) is 2. The lowest BCUT2D eigenvalue weighted by Crippen LogP contribution is -2.27. The van der Waals surface area contributed by atoms with E-state index in [1.807, 2.05) is 24.3 Å². The van der Waals surface area contributed by atoms with E-state index >= 15 is 0 Å². The van der Waals surface area contributed by atoms with Gasteiger partial charge in [0.25, 0.3) is 5.91 Å². The number of para-hydroxylation sites is 2. The number of nitrogens with zero attached hydrogens (tertiary/aromatic N) is 5. The molecule has 8 heteroatoms. The molecule has 28 heavy (non-hydrogen) atoms. The normalized spacial score (nSPS) is 11.5. The maximum atomic E-state index is 12.8. The zero-order valence-corrected chi connectivity index (χ0v) is 16.0. The maximum absolute atomic E-state index is 12.8. The van der Waals surface area contributed by atoms with E-state index in [-0.39, 0.29) is 5.91 Å². The van der Waals surface area contributed by atoms with Gasteiger partial charge in [0.2, 0.25) is 5.95 Å². The molecule has 0 aliphatic carbocycles. The Kier molecular flexibility index (Phi) is 5.03. The smallest absolute Gasteiger partial charge is 0.258 e. The highest BCUT2D eigenvalue weighted by Gasteiger charge is 2.15. The second-order valence-electron chi connectivity index (χ2n) is 6.58. The van der Waals surface area contributed by atoms with Crippen molar-refractivity contribution in [3.8, 4) is 0 Å². The predicted molar refractivity (Wildman–Crippen MR) is 109 cm³/mol. The van der Waals surface area contributed by atoms with Gasteiger partial charge in [-0.05, 0) is 43.4 Å². The summed E-state index contributed by atoms with van der Waals surface area (Å²) in [7, 11) is 0. The summed E-state index contributed by atoms with van der Waals surface area (Å²) >= 11 is 0. The molecule has 0 spiro atoms. The standard InChI is InChI=1S/C20H23N7O/c1-3-26(4-2)11-12-27-18-8-6-5-7-16(18)21-20(27)22-19(28)14-9-10-15-17(13-14)24-25-23-15/h5-10,13H,3-4,11-12H2,1-2H3,(H,21,22,28)(H,23,24,25). The summed E-state index contributed by atoms with van der Waals surface area (Å²) in [5.74, 6) is 0.336. The van der Waals surface area contributed by atoms with E-state index in [1.165, 1.54) is 0 Å². The number of imidazole rings is 1. The second-order valence-corrected chi connectivity index (χ2v) is 6.58. The van der Waals surface area contributed by atoms with Crippen LogP contribution in [0.1, 0.15) is 24.2 Å². The van der Waals surface area contributed by atoms with Crippen molar-refractivity contribution in [2.75, 3.05) is 25.0 Å². The van der Waals surface area contributed by atoms with Crippen molar-refractivity contribution in [2.24, 2.45) is 0 Å². The first-order valence-corrected chi connectivity index (χ1v) is 9.49. The second kappa shape index (κ2) is 7.77. The lowest BCUT2D eigenvalue weighted by Gasteiger charge is -2.19. The van der Waals surface area contributed by atoms with E-state index in [1.54, 1.807) is 18.2 Å². The molecule has 0 unspecified atom stereocenters. The first kappa shape index (κ1) is 18.1. The van der Waals surface area contributed by atoms with Gasteiger partial charge in [0.15, 0.2) is 0 Å². The molecule has 2 N–H and O–H groups in total.